The predicted octanol–water partition coefficient (Wildman–Crippen LogP) is 1.34. The number of hydrogen-bond acceptors (Lipinski definition) is 3. The SMILES string of the molecule is COC(C)CN1CCNCC1C(C)(C)C. The zero-order valence-electron chi connectivity index (χ0n) is 10.8. The third-order valence-corrected chi connectivity index (χ3v) is 3.25. The van der Waals surface area contributed by atoms with Gasteiger partial charge in [0.1, 0.15) is 0 Å². The molecular weight excluding hydrogens is 188 g/mol. The lowest BCUT2D eigenvalue weighted by atomic mass is 9.84. The van der Waals surface area contributed by atoms with Crippen molar-refractivity contribution in [3.63, 3.8) is 0 Å². The largest absolute Gasteiger partial charge is 0.380 e. The number of methoxy groups -OCH3 is 1. The molecule has 0 aromatic carbocycles. The van der Waals surface area contributed by atoms with Crippen LogP contribution < -0.4 is 5.32 Å². The Kier molecular flexibility index (Phi) is 4.56. The van der Waals surface area contributed by atoms with Crippen LogP contribution in [0, 0.1) is 5.41 Å². The molecule has 1 heterocycles. The Morgan fingerprint density at radius 1 is 1.47 bits per heavy atom. The molecule has 15 heavy (non-hydrogen) atoms. The molecule has 1 aliphatic heterocycles. The maximum Gasteiger partial charge on any atom is 0.0670 e. The van der Waals surface area contributed by atoms with E-state index in [1.807, 2.05) is 0 Å². The molecule has 0 bridgehead atoms. The van der Waals surface area contributed by atoms with E-state index in [4.69, 9.17) is 4.74 Å². The summed E-state index contributed by atoms with van der Waals surface area (Å²) < 4.78 is 5.35. The zero-order chi connectivity index (χ0) is 11.5. The maximum absolute atomic E-state index is 5.35. The summed E-state index contributed by atoms with van der Waals surface area (Å²) in [6.07, 6.45) is 0.327. The lowest BCUT2D eigenvalue weighted by Gasteiger charge is -2.44. The molecule has 1 rings (SSSR count). The molecule has 2 unspecified atom stereocenters. The van der Waals surface area contributed by atoms with Crippen molar-refractivity contribution in [1.82, 2.24) is 10.2 Å². The van der Waals surface area contributed by atoms with E-state index in [-0.39, 0.29) is 0 Å². The third-order valence-electron chi connectivity index (χ3n) is 3.25. The topological polar surface area (TPSA) is 24.5 Å². The second-order valence-electron chi connectivity index (χ2n) is 5.63. The van der Waals surface area contributed by atoms with E-state index in [1.54, 1.807) is 7.11 Å². The van der Waals surface area contributed by atoms with E-state index in [1.165, 1.54) is 0 Å². The number of rotatable bonds is 3. The van der Waals surface area contributed by atoms with Crippen LogP contribution in [0.15, 0.2) is 0 Å². The van der Waals surface area contributed by atoms with Gasteiger partial charge in [0.05, 0.1) is 6.10 Å². The van der Waals surface area contributed by atoms with Gasteiger partial charge in [-0.2, -0.15) is 0 Å². The minimum atomic E-state index is 0.327. The molecule has 1 fully saturated rings. The van der Waals surface area contributed by atoms with Crippen LogP contribution in [-0.4, -0.2) is 50.3 Å². The van der Waals surface area contributed by atoms with Crippen molar-refractivity contribution in [1.29, 1.82) is 0 Å². The van der Waals surface area contributed by atoms with Gasteiger partial charge in [0.15, 0.2) is 0 Å². The summed E-state index contributed by atoms with van der Waals surface area (Å²) in [6.45, 7) is 13.5. The van der Waals surface area contributed by atoms with Gasteiger partial charge in [-0.3, -0.25) is 4.90 Å². The van der Waals surface area contributed by atoms with Crippen LogP contribution in [0.1, 0.15) is 27.7 Å². The zero-order valence-corrected chi connectivity index (χ0v) is 10.8. The summed E-state index contributed by atoms with van der Waals surface area (Å²) in [5.74, 6) is 0. The predicted molar refractivity (Wildman–Crippen MR) is 64.2 cm³/mol. The molecule has 90 valence electrons. The molecule has 3 heteroatoms. The van der Waals surface area contributed by atoms with Gasteiger partial charge >= 0.3 is 0 Å². The van der Waals surface area contributed by atoms with Crippen molar-refractivity contribution in [2.24, 2.45) is 5.41 Å². The summed E-state index contributed by atoms with van der Waals surface area (Å²) >= 11 is 0. The average molecular weight is 214 g/mol. The fourth-order valence-electron chi connectivity index (χ4n) is 2.22. The molecule has 3 nitrogen and oxygen atoms in total. The molecule has 0 aromatic heterocycles. The first-order valence-corrected chi connectivity index (χ1v) is 5.92. The highest BCUT2D eigenvalue weighted by molar-refractivity contribution is 4.89. The quantitative estimate of drug-likeness (QED) is 0.767. The van der Waals surface area contributed by atoms with Gasteiger partial charge in [-0.05, 0) is 12.3 Å². The van der Waals surface area contributed by atoms with Crippen LogP contribution in [0.2, 0.25) is 0 Å². The van der Waals surface area contributed by atoms with Gasteiger partial charge in [0.2, 0.25) is 0 Å². The Bertz CT molecular complexity index is 189. The Balaban J connectivity index is 2.58. The molecule has 0 aliphatic carbocycles. The lowest BCUT2D eigenvalue weighted by molar-refractivity contribution is 0.0184. The van der Waals surface area contributed by atoms with Crippen LogP contribution in [0.5, 0.6) is 0 Å². The van der Waals surface area contributed by atoms with Gasteiger partial charge < -0.3 is 10.1 Å². The molecule has 0 amide bonds. The van der Waals surface area contributed by atoms with E-state index in [9.17, 15) is 0 Å². The summed E-state index contributed by atoms with van der Waals surface area (Å²) in [4.78, 5) is 2.56. The molecule has 1 aliphatic rings. The molecule has 0 radical (unpaired) electrons. The Morgan fingerprint density at radius 2 is 2.13 bits per heavy atom. The highest BCUT2D eigenvalue weighted by Crippen LogP contribution is 2.25. The highest BCUT2D eigenvalue weighted by Gasteiger charge is 2.32. The second-order valence-corrected chi connectivity index (χ2v) is 5.63. The normalized spacial score (nSPS) is 26.6. The Labute approximate surface area is 94.2 Å². The summed E-state index contributed by atoms with van der Waals surface area (Å²) in [7, 11) is 1.79. The van der Waals surface area contributed by atoms with Crippen molar-refractivity contribution in [3.8, 4) is 0 Å². The van der Waals surface area contributed by atoms with Crippen molar-refractivity contribution in [2.75, 3.05) is 33.3 Å². The van der Waals surface area contributed by atoms with Crippen molar-refractivity contribution < 1.29 is 4.74 Å². The standard InChI is InChI=1S/C12H26N2O/c1-10(15-5)9-14-7-6-13-8-11(14)12(2,3)4/h10-11,13H,6-9H2,1-5H3. The van der Waals surface area contributed by atoms with Crippen LogP contribution in [0.25, 0.3) is 0 Å². The number of hydrogen-bond donors (Lipinski definition) is 1. The monoisotopic (exact) mass is 214 g/mol. The first kappa shape index (κ1) is 12.9. The van der Waals surface area contributed by atoms with Gasteiger partial charge in [-0.25, -0.2) is 0 Å². The lowest BCUT2D eigenvalue weighted by Crippen LogP contribution is -2.58. The molecule has 0 saturated carbocycles. The number of nitrogens with zero attached hydrogens (tertiary/aromatic N) is 1. The Hall–Kier alpha value is -0.120. The average Bonchev–Trinajstić information content (AvgIpc) is 2.17. The minimum Gasteiger partial charge on any atom is -0.380 e. The third kappa shape index (κ3) is 3.74. The van der Waals surface area contributed by atoms with Crippen LogP contribution in [0.3, 0.4) is 0 Å². The van der Waals surface area contributed by atoms with Gasteiger partial charge in [0.25, 0.3) is 0 Å². The van der Waals surface area contributed by atoms with Gasteiger partial charge in [0, 0.05) is 39.3 Å². The Morgan fingerprint density at radius 3 is 2.67 bits per heavy atom. The van der Waals surface area contributed by atoms with E-state index in [0.717, 1.165) is 26.2 Å². The van der Waals surface area contributed by atoms with Crippen molar-refractivity contribution >= 4 is 0 Å². The maximum atomic E-state index is 5.35. The molecule has 2 atom stereocenters. The van der Waals surface area contributed by atoms with E-state index >= 15 is 0 Å². The highest BCUT2D eigenvalue weighted by atomic mass is 16.5. The smallest absolute Gasteiger partial charge is 0.0670 e. The fraction of sp³-hybridized carbons (Fsp3) is 1.00. The van der Waals surface area contributed by atoms with Crippen molar-refractivity contribution in [2.45, 2.75) is 39.8 Å². The van der Waals surface area contributed by atoms with Crippen LogP contribution >= 0.6 is 0 Å². The molecule has 0 aromatic rings. The molecule has 1 saturated heterocycles. The van der Waals surface area contributed by atoms with Gasteiger partial charge in [-0.1, -0.05) is 20.8 Å². The van der Waals surface area contributed by atoms with Crippen LogP contribution in [0.4, 0.5) is 0 Å². The summed E-state index contributed by atoms with van der Waals surface area (Å²) in [5.41, 5.74) is 0.334. The number of nitrogens with one attached hydrogen (secondary N) is 1. The van der Waals surface area contributed by atoms with Crippen LogP contribution in [-0.2, 0) is 4.74 Å². The summed E-state index contributed by atoms with van der Waals surface area (Å²) in [6, 6.07) is 0.615. The fourth-order valence-corrected chi connectivity index (χ4v) is 2.22. The van der Waals surface area contributed by atoms with Crippen molar-refractivity contribution in [3.05, 3.63) is 0 Å². The second kappa shape index (κ2) is 5.28. The minimum absolute atomic E-state index is 0.327. The molecular formula is C12H26N2O. The molecule has 0 spiro atoms. The first-order chi connectivity index (χ1) is 6.95. The number of ether oxygens (including phenoxy) is 1. The number of piperazine rings is 1. The molecule has 1 N–H and O–H groups in total. The van der Waals surface area contributed by atoms with E-state index < -0.39 is 0 Å². The van der Waals surface area contributed by atoms with Gasteiger partial charge in [-0.15, -0.1) is 0 Å². The first-order valence-electron chi connectivity index (χ1n) is 5.92. The van der Waals surface area contributed by atoms with E-state index in [0.29, 0.717) is 17.6 Å². The van der Waals surface area contributed by atoms with E-state index in [2.05, 4.69) is 37.9 Å². The summed E-state index contributed by atoms with van der Waals surface area (Å²) in [5, 5.41) is 3.48.